The summed E-state index contributed by atoms with van der Waals surface area (Å²) in [5.41, 5.74) is 0. The van der Waals surface area contributed by atoms with E-state index >= 15 is 0 Å². The Morgan fingerprint density at radius 3 is 2.77 bits per heavy atom. The molecule has 2 rings (SSSR count). The predicted octanol–water partition coefficient (Wildman–Crippen LogP) is 1.22. The van der Waals surface area contributed by atoms with Gasteiger partial charge in [0.05, 0.1) is 6.54 Å². The summed E-state index contributed by atoms with van der Waals surface area (Å²) >= 11 is 0. The third kappa shape index (κ3) is 2.49. The SMILES string of the molecule is CC1CC1CNCc1ncccn1. The molecule has 0 spiro atoms. The first kappa shape index (κ1) is 8.63. The van der Waals surface area contributed by atoms with Gasteiger partial charge in [0.25, 0.3) is 0 Å². The molecule has 1 aliphatic carbocycles. The van der Waals surface area contributed by atoms with E-state index in [9.17, 15) is 0 Å². The molecule has 1 aromatic heterocycles. The van der Waals surface area contributed by atoms with Gasteiger partial charge in [0, 0.05) is 12.4 Å². The van der Waals surface area contributed by atoms with Crippen molar-refractivity contribution in [1.82, 2.24) is 15.3 Å². The van der Waals surface area contributed by atoms with E-state index in [1.165, 1.54) is 6.42 Å². The average molecular weight is 177 g/mol. The van der Waals surface area contributed by atoms with Crippen LogP contribution >= 0.6 is 0 Å². The molecule has 0 aliphatic heterocycles. The lowest BCUT2D eigenvalue weighted by Crippen LogP contribution is -2.18. The molecular weight excluding hydrogens is 162 g/mol. The summed E-state index contributed by atoms with van der Waals surface area (Å²) in [7, 11) is 0. The Labute approximate surface area is 78.6 Å². The second-order valence-corrected chi connectivity index (χ2v) is 3.77. The largest absolute Gasteiger partial charge is 0.310 e. The van der Waals surface area contributed by atoms with Crippen molar-refractivity contribution in [3.63, 3.8) is 0 Å². The van der Waals surface area contributed by atoms with Crippen LogP contribution in [0.4, 0.5) is 0 Å². The number of rotatable bonds is 4. The Kier molecular flexibility index (Phi) is 2.54. The summed E-state index contributed by atoms with van der Waals surface area (Å²) in [5.74, 6) is 2.70. The fraction of sp³-hybridized carbons (Fsp3) is 0.600. The first-order valence-corrected chi connectivity index (χ1v) is 4.83. The second-order valence-electron chi connectivity index (χ2n) is 3.77. The quantitative estimate of drug-likeness (QED) is 0.751. The highest BCUT2D eigenvalue weighted by Gasteiger charge is 2.31. The summed E-state index contributed by atoms with van der Waals surface area (Å²) in [6.45, 7) is 4.20. The first-order valence-electron chi connectivity index (χ1n) is 4.83. The second kappa shape index (κ2) is 3.83. The lowest BCUT2D eigenvalue weighted by Gasteiger charge is -2.01. The normalized spacial score (nSPS) is 25.9. The van der Waals surface area contributed by atoms with Gasteiger partial charge in [-0.2, -0.15) is 0 Å². The summed E-state index contributed by atoms with van der Waals surface area (Å²) in [5, 5.41) is 3.37. The van der Waals surface area contributed by atoms with Crippen molar-refractivity contribution in [2.75, 3.05) is 6.54 Å². The summed E-state index contributed by atoms with van der Waals surface area (Å²) in [6, 6.07) is 1.84. The van der Waals surface area contributed by atoms with Gasteiger partial charge in [-0.15, -0.1) is 0 Å². The number of aromatic nitrogens is 2. The van der Waals surface area contributed by atoms with E-state index in [1.807, 2.05) is 6.07 Å². The molecule has 1 saturated carbocycles. The van der Waals surface area contributed by atoms with Crippen molar-refractivity contribution >= 4 is 0 Å². The van der Waals surface area contributed by atoms with Gasteiger partial charge in [0.1, 0.15) is 5.82 Å². The zero-order chi connectivity index (χ0) is 9.10. The van der Waals surface area contributed by atoms with Crippen molar-refractivity contribution in [2.24, 2.45) is 11.8 Å². The molecule has 0 radical (unpaired) electrons. The van der Waals surface area contributed by atoms with Crippen LogP contribution in [0.1, 0.15) is 19.2 Å². The van der Waals surface area contributed by atoms with Crippen LogP contribution in [0, 0.1) is 11.8 Å². The topological polar surface area (TPSA) is 37.8 Å². The Morgan fingerprint density at radius 2 is 2.15 bits per heavy atom. The van der Waals surface area contributed by atoms with E-state index in [1.54, 1.807) is 12.4 Å². The molecule has 2 unspecified atom stereocenters. The summed E-state index contributed by atoms with van der Waals surface area (Å²) in [4.78, 5) is 8.28. The van der Waals surface area contributed by atoms with Crippen LogP contribution < -0.4 is 5.32 Å². The zero-order valence-corrected chi connectivity index (χ0v) is 7.90. The predicted molar refractivity (Wildman–Crippen MR) is 51.0 cm³/mol. The Balaban J connectivity index is 1.68. The zero-order valence-electron chi connectivity index (χ0n) is 7.90. The molecule has 0 bridgehead atoms. The van der Waals surface area contributed by atoms with Gasteiger partial charge in [0.15, 0.2) is 0 Å². The van der Waals surface area contributed by atoms with Crippen molar-refractivity contribution in [1.29, 1.82) is 0 Å². The Morgan fingerprint density at radius 1 is 1.46 bits per heavy atom. The van der Waals surface area contributed by atoms with E-state index in [0.29, 0.717) is 0 Å². The van der Waals surface area contributed by atoms with Gasteiger partial charge in [-0.3, -0.25) is 0 Å². The van der Waals surface area contributed by atoms with Crippen LogP contribution in [0.2, 0.25) is 0 Å². The number of hydrogen-bond acceptors (Lipinski definition) is 3. The van der Waals surface area contributed by atoms with Crippen molar-refractivity contribution in [2.45, 2.75) is 19.9 Å². The van der Waals surface area contributed by atoms with Gasteiger partial charge in [-0.25, -0.2) is 9.97 Å². The molecule has 0 aromatic carbocycles. The molecule has 3 nitrogen and oxygen atoms in total. The molecule has 1 aromatic rings. The van der Waals surface area contributed by atoms with Crippen LogP contribution in [0.25, 0.3) is 0 Å². The minimum Gasteiger partial charge on any atom is -0.310 e. The Bertz CT molecular complexity index is 260. The molecule has 1 heterocycles. The molecule has 3 heteroatoms. The van der Waals surface area contributed by atoms with Gasteiger partial charge in [-0.1, -0.05) is 6.92 Å². The fourth-order valence-electron chi connectivity index (χ4n) is 1.47. The van der Waals surface area contributed by atoms with Crippen molar-refractivity contribution in [3.8, 4) is 0 Å². The minimum atomic E-state index is 0.796. The van der Waals surface area contributed by atoms with Gasteiger partial charge >= 0.3 is 0 Å². The standard InChI is InChI=1S/C10H15N3/c1-8-5-9(8)6-11-7-10-12-3-2-4-13-10/h2-4,8-9,11H,5-7H2,1H3. The van der Waals surface area contributed by atoms with Gasteiger partial charge in [-0.05, 0) is 30.9 Å². The minimum absolute atomic E-state index is 0.796. The fourth-order valence-corrected chi connectivity index (χ4v) is 1.47. The maximum absolute atomic E-state index is 4.14. The van der Waals surface area contributed by atoms with Crippen LogP contribution in [-0.4, -0.2) is 16.5 Å². The highest BCUT2D eigenvalue weighted by atomic mass is 15.0. The van der Waals surface area contributed by atoms with E-state index in [2.05, 4.69) is 22.2 Å². The number of hydrogen-bond donors (Lipinski definition) is 1. The highest BCUT2D eigenvalue weighted by Crippen LogP contribution is 2.36. The van der Waals surface area contributed by atoms with Crippen molar-refractivity contribution in [3.05, 3.63) is 24.3 Å². The van der Waals surface area contributed by atoms with Crippen LogP contribution in [0.15, 0.2) is 18.5 Å². The molecule has 0 saturated heterocycles. The highest BCUT2D eigenvalue weighted by molar-refractivity contribution is 4.89. The third-order valence-electron chi connectivity index (χ3n) is 2.59. The van der Waals surface area contributed by atoms with Crippen LogP contribution in [0.3, 0.4) is 0 Å². The molecular formula is C10H15N3. The average Bonchev–Trinajstić information content (AvgIpc) is 2.84. The molecule has 0 amide bonds. The molecule has 1 N–H and O–H groups in total. The molecule has 2 atom stereocenters. The summed E-state index contributed by atoms with van der Waals surface area (Å²) in [6.07, 6.45) is 4.94. The maximum atomic E-state index is 4.14. The number of nitrogens with one attached hydrogen (secondary N) is 1. The van der Waals surface area contributed by atoms with E-state index in [-0.39, 0.29) is 0 Å². The summed E-state index contributed by atoms with van der Waals surface area (Å²) < 4.78 is 0. The van der Waals surface area contributed by atoms with Gasteiger partial charge < -0.3 is 5.32 Å². The van der Waals surface area contributed by atoms with Crippen molar-refractivity contribution < 1.29 is 0 Å². The maximum Gasteiger partial charge on any atom is 0.141 e. The van der Waals surface area contributed by atoms with Crippen LogP contribution in [0.5, 0.6) is 0 Å². The van der Waals surface area contributed by atoms with E-state index < -0.39 is 0 Å². The van der Waals surface area contributed by atoms with Gasteiger partial charge in [0.2, 0.25) is 0 Å². The molecule has 13 heavy (non-hydrogen) atoms. The number of nitrogens with zero attached hydrogens (tertiary/aromatic N) is 2. The molecule has 1 aliphatic rings. The lowest BCUT2D eigenvalue weighted by molar-refractivity contribution is 0.596. The van der Waals surface area contributed by atoms with E-state index in [4.69, 9.17) is 0 Å². The lowest BCUT2D eigenvalue weighted by atomic mass is 10.3. The Hall–Kier alpha value is -0.960. The molecule has 1 fully saturated rings. The van der Waals surface area contributed by atoms with Crippen LogP contribution in [-0.2, 0) is 6.54 Å². The van der Waals surface area contributed by atoms with E-state index in [0.717, 1.165) is 30.7 Å². The first-order chi connectivity index (χ1) is 6.36. The smallest absolute Gasteiger partial charge is 0.141 e. The molecule has 70 valence electrons. The third-order valence-corrected chi connectivity index (χ3v) is 2.59. The monoisotopic (exact) mass is 177 g/mol.